The minimum absolute atomic E-state index is 0. The first kappa shape index (κ1) is 15.3. The van der Waals surface area contributed by atoms with Gasteiger partial charge in [-0.25, -0.2) is 0 Å². The first-order chi connectivity index (χ1) is 8.15. The lowest BCUT2D eigenvalue weighted by molar-refractivity contribution is -0.132. The van der Waals surface area contributed by atoms with E-state index in [1.807, 2.05) is 26.1 Å². The lowest BCUT2D eigenvalue weighted by atomic mass is 9.99. The Morgan fingerprint density at radius 3 is 2.89 bits per heavy atom. The van der Waals surface area contributed by atoms with Gasteiger partial charge in [-0.15, -0.1) is 24.2 Å². The minimum Gasteiger partial charge on any atom is -0.341 e. The highest BCUT2D eigenvalue weighted by atomic mass is 35.5. The van der Waals surface area contributed by atoms with Crippen molar-refractivity contribution in [2.75, 3.05) is 19.3 Å². The van der Waals surface area contributed by atoms with Crippen LogP contribution in [0.1, 0.15) is 18.4 Å². The molecule has 1 heterocycles. The van der Waals surface area contributed by atoms with E-state index in [-0.39, 0.29) is 30.3 Å². The second-order valence-electron chi connectivity index (χ2n) is 4.44. The van der Waals surface area contributed by atoms with Gasteiger partial charge in [-0.2, -0.15) is 0 Å². The van der Waals surface area contributed by atoms with Gasteiger partial charge < -0.3 is 10.6 Å². The third-order valence-corrected chi connectivity index (χ3v) is 4.53. The van der Waals surface area contributed by atoms with Crippen molar-refractivity contribution in [1.82, 2.24) is 4.90 Å². The van der Waals surface area contributed by atoms with Crippen LogP contribution in [0.5, 0.6) is 0 Å². The van der Waals surface area contributed by atoms with E-state index in [0.717, 1.165) is 5.75 Å². The minimum atomic E-state index is -0.00444. The fraction of sp³-hybridized carbons (Fsp3) is 0.462. The number of thioether (sulfide) groups is 1. The van der Waals surface area contributed by atoms with E-state index < -0.39 is 0 Å². The van der Waals surface area contributed by atoms with E-state index in [0.29, 0.717) is 6.54 Å². The Morgan fingerprint density at radius 1 is 1.56 bits per heavy atom. The number of amides is 1. The number of likely N-dealkylation sites (N-methyl/N-ethyl adjacent to an activating group) is 1. The van der Waals surface area contributed by atoms with Crippen LogP contribution >= 0.6 is 24.2 Å². The summed E-state index contributed by atoms with van der Waals surface area (Å²) in [7, 11) is 1.84. The number of fused-ring (bicyclic) bond motifs is 1. The number of carbonyl (C=O) groups is 1. The number of halogens is 1. The van der Waals surface area contributed by atoms with E-state index >= 15 is 0 Å². The summed E-state index contributed by atoms with van der Waals surface area (Å²) in [5.74, 6) is 1.02. The van der Waals surface area contributed by atoms with Gasteiger partial charge in [-0.3, -0.25) is 4.79 Å². The number of carbonyl (C=O) groups excluding carboxylic acids is 1. The zero-order valence-corrected chi connectivity index (χ0v) is 12.3. The average Bonchev–Trinajstić information content (AvgIpc) is 2.79. The second-order valence-corrected chi connectivity index (χ2v) is 5.50. The highest BCUT2D eigenvalue weighted by Gasteiger charge is 2.31. The average molecular weight is 287 g/mol. The maximum absolute atomic E-state index is 12.4. The van der Waals surface area contributed by atoms with Gasteiger partial charge in [-0.1, -0.05) is 18.2 Å². The first-order valence-corrected chi connectivity index (χ1v) is 6.82. The number of hydrogen-bond acceptors (Lipinski definition) is 3. The Kier molecular flexibility index (Phi) is 5.50. The van der Waals surface area contributed by atoms with Gasteiger partial charge in [0, 0.05) is 30.3 Å². The third kappa shape index (κ3) is 2.82. The Morgan fingerprint density at radius 2 is 2.22 bits per heavy atom. The largest absolute Gasteiger partial charge is 0.341 e. The lowest BCUT2D eigenvalue weighted by Crippen LogP contribution is -2.42. The molecule has 0 aliphatic carbocycles. The SMILES string of the molecule is CC(CN)N(C)C(=O)C1CSc2ccccc21.Cl. The lowest BCUT2D eigenvalue weighted by Gasteiger charge is -2.26. The molecule has 1 amide bonds. The van der Waals surface area contributed by atoms with Crippen molar-refractivity contribution in [3.63, 3.8) is 0 Å². The van der Waals surface area contributed by atoms with E-state index in [9.17, 15) is 4.79 Å². The smallest absolute Gasteiger partial charge is 0.231 e. The Balaban J connectivity index is 0.00000162. The monoisotopic (exact) mass is 286 g/mol. The number of nitrogens with zero attached hydrogens (tertiary/aromatic N) is 1. The zero-order chi connectivity index (χ0) is 12.4. The molecule has 1 aromatic carbocycles. The number of benzene rings is 1. The summed E-state index contributed by atoms with van der Waals surface area (Å²) in [6, 6.07) is 8.25. The molecule has 18 heavy (non-hydrogen) atoms. The van der Waals surface area contributed by atoms with Crippen molar-refractivity contribution in [3.05, 3.63) is 29.8 Å². The summed E-state index contributed by atoms with van der Waals surface area (Å²) in [6.45, 7) is 2.48. The fourth-order valence-electron chi connectivity index (χ4n) is 1.99. The normalized spacial score (nSPS) is 18.7. The van der Waals surface area contributed by atoms with E-state index in [4.69, 9.17) is 5.73 Å². The molecule has 0 bridgehead atoms. The van der Waals surface area contributed by atoms with Gasteiger partial charge in [0.1, 0.15) is 0 Å². The van der Waals surface area contributed by atoms with Crippen LogP contribution in [-0.4, -0.2) is 36.2 Å². The Bertz CT molecular complexity index is 427. The highest BCUT2D eigenvalue weighted by Crippen LogP contribution is 2.40. The molecule has 2 atom stereocenters. The number of rotatable bonds is 3. The summed E-state index contributed by atoms with van der Waals surface area (Å²) in [5, 5.41) is 0. The topological polar surface area (TPSA) is 46.3 Å². The van der Waals surface area contributed by atoms with E-state index in [1.165, 1.54) is 10.5 Å². The molecule has 1 aromatic rings. The Labute approximate surface area is 119 Å². The summed E-state index contributed by atoms with van der Waals surface area (Å²) in [4.78, 5) is 15.4. The molecule has 1 aliphatic rings. The van der Waals surface area contributed by atoms with Crippen LogP contribution in [-0.2, 0) is 4.79 Å². The number of nitrogens with two attached hydrogens (primary N) is 1. The van der Waals surface area contributed by atoms with E-state index in [1.54, 1.807) is 16.7 Å². The molecule has 5 heteroatoms. The van der Waals surface area contributed by atoms with E-state index in [2.05, 4.69) is 12.1 Å². The van der Waals surface area contributed by atoms with Crippen LogP contribution in [0.15, 0.2) is 29.2 Å². The standard InChI is InChI=1S/C13H18N2OS.ClH/c1-9(7-14)15(2)13(16)11-8-17-12-6-4-3-5-10(11)12;/h3-6,9,11H,7-8,14H2,1-2H3;1H. The van der Waals surface area contributed by atoms with Gasteiger partial charge in [0.15, 0.2) is 0 Å². The zero-order valence-electron chi connectivity index (χ0n) is 10.6. The molecular weight excluding hydrogens is 268 g/mol. The molecule has 0 spiro atoms. The third-order valence-electron chi connectivity index (χ3n) is 3.35. The maximum atomic E-state index is 12.4. The van der Waals surface area contributed by atoms with Gasteiger partial charge >= 0.3 is 0 Å². The van der Waals surface area contributed by atoms with Crippen molar-refractivity contribution >= 4 is 30.1 Å². The molecule has 1 aliphatic heterocycles. The molecule has 100 valence electrons. The van der Waals surface area contributed by atoms with Gasteiger partial charge in [-0.05, 0) is 18.6 Å². The molecule has 0 saturated carbocycles. The molecular formula is C13H19ClN2OS. The van der Waals surface area contributed by atoms with Crippen LogP contribution in [0.3, 0.4) is 0 Å². The van der Waals surface area contributed by atoms with Crippen LogP contribution in [0.25, 0.3) is 0 Å². The molecule has 2 rings (SSSR count). The van der Waals surface area contributed by atoms with Crippen LogP contribution in [0.4, 0.5) is 0 Å². The van der Waals surface area contributed by atoms with Crippen LogP contribution < -0.4 is 5.73 Å². The van der Waals surface area contributed by atoms with Crippen LogP contribution in [0, 0.1) is 0 Å². The first-order valence-electron chi connectivity index (χ1n) is 5.83. The molecule has 2 N–H and O–H groups in total. The molecule has 0 radical (unpaired) electrons. The summed E-state index contributed by atoms with van der Waals surface area (Å²) in [6.07, 6.45) is 0. The maximum Gasteiger partial charge on any atom is 0.231 e. The number of hydrogen-bond donors (Lipinski definition) is 1. The summed E-state index contributed by atoms with van der Waals surface area (Å²) >= 11 is 1.76. The van der Waals surface area contributed by atoms with Crippen molar-refractivity contribution in [2.45, 2.75) is 23.8 Å². The highest BCUT2D eigenvalue weighted by molar-refractivity contribution is 7.99. The Hall–Kier alpha value is -0.710. The van der Waals surface area contributed by atoms with Crippen molar-refractivity contribution < 1.29 is 4.79 Å². The van der Waals surface area contributed by atoms with Gasteiger partial charge in [0.25, 0.3) is 0 Å². The van der Waals surface area contributed by atoms with Crippen molar-refractivity contribution in [3.8, 4) is 0 Å². The molecule has 2 unspecified atom stereocenters. The van der Waals surface area contributed by atoms with Crippen molar-refractivity contribution in [2.24, 2.45) is 5.73 Å². The molecule has 0 aromatic heterocycles. The predicted molar refractivity (Wildman–Crippen MR) is 78.4 cm³/mol. The fourth-order valence-corrected chi connectivity index (χ4v) is 3.21. The predicted octanol–water partition coefficient (Wildman–Crippen LogP) is 2.10. The van der Waals surface area contributed by atoms with Crippen molar-refractivity contribution in [1.29, 1.82) is 0 Å². The molecule has 0 saturated heterocycles. The second kappa shape index (κ2) is 6.45. The van der Waals surface area contributed by atoms with Gasteiger partial charge in [0.2, 0.25) is 5.91 Å². The molecule has 3 nitrogen and oxygen atoms in total. The quantitative estimate of drug-likeness (QED) is 0.926. The van der Waals surface area contributed by atoms with Crippen LogP contribution in [0.2, 0.25) is 0 Å². The molecule has 0 fully saturated rings. The summed E-state index contributed by atoms with van der Waals surface area (Å²) in [5.41, 5.74) is 6.77. The van der Waals surface area contributed by atoms with Gasteiger partial charge in [0.05, 0.1) is 5.92 Å². The summed E-state index contributed by atoms with van der Waals surface area (Å²) < 4.78 is 0.